The summed E-state index contributed by atoms with van der Waals surface area (Å²) in [6, 6.07) is 0. The molecule has 106 valence electrons. The van der Waals surface area contributed by atoms with Crippen molar-refractivity contribution in [3.8, 4) is 5.75 Å². The second-order valence-electron chi connectivity index (χ2n) is 5.53. The molecule has 0 spiro atoms. The fraction of sp³-hybridized carbons (Fsp3) is 0.643. The van der Waals surface area contributed by atoms with Gasteiger partial charge in [0.1, 0.15) is 5.00 Å². The summed E-state index contributed by atoms with van der Waals surface area (Å²) in [5.41, 5.74) is 6.57. The third-order valence-corrected chi connectivity index (χ3v) is 4.53. The Morgan fingerprint density at radius 2 is 2.16 bits per heavy atom. The van der Waals surface area contributed by atoms with Gasteiger partial charge in [-0.1, -0.05) is 0 Å². The molecule has 1 aromatic heterocycles. The third kappa shape index (κ3) is 3.21. The predicted molar refractivity (Wildman–Crippen MR) is 80.5 cm³/mol. The zero-order chi connectivity index (χ0) is 14.2. The molecule has 0 atom stereocenters. The predicted octanol–water partition coefficient (Wildman–Crippen LogP) is 3.17. The number of ketones is 1. The lowest BCUT2D eigenvalue weighted by Gasteiger charge is -2.20. The summed E-state index contributed by atoms with van der Waals surface area (Å²) >= 11 is 1.44. The summed E-state index contributed by atoms with van der Waals surface area (Å²) in [5, 5.41) is 0.975. The van der Waals surface area contributed by atoms with Crippen LogP contribution in [-0.4, -0.2) is 25.5 Å². The van der Waals surface area contributed by atoms with Crippen LogP contribution in [0, 0.1) is 5.92 Å². The number of hydrogen-bond acceptors (Lipinski definition) is 5. The quantitative estimate of drug-likeness (QED) is 0.814. The van der Waals surface area contributed by atoms with Crippen molar-refractivity contribution in [1.29, 1.82) is 0 Å². The van der Waals surface area contributed by atoms with E-state index in [9.17, 15) is 4.79 Å². The number of nitrogen functional groups attached to an aromatic ring is 1. The Hall–Kier alpha value is -1.23. The topological polar surface area (TPSA) is 55.6 Å². The molecule has 0 saturated heterocycles. The largest absolute Gasteiger partial charge is 0.486 e. The maximum Gasteiger partial charge on any atom is 0.177 e. The molecule has 2 rings (SSSR count). The van der Waals surface area contributed by atoms with E-state index in [1.54, 1.807) is 6.92 Å². The zero-order valence-corrected chi connectivity index (χ0v) is 12.8. The van der Waals surface area contributed by atoms with Gasteiger partial charge in [-0.05, 0) is 32.6 Å². The van der Waals surface area contributed by atoms with E-state index < -0.39 is 0 Å². The van der Waals surface area contributed by atoms with Gasteiger partial charge < -0.3 is 15.4 Å². The molecule has 0 aromatic carbocycles. The van der Waals surface area contributed by atoms with Crippen LogP contribution < -0.4 is 15.4 Å². The first-order valence-corrected chi connectivity index (χ1v) is 7.52. The molecule has 1 fully saturated rings. The lowest BCUT2D eigenvalue weighted by atomic mass is 10.3. The number of thiophene rings is 1. The number of rotatable bonds is 6. The number of anilines is 2. The molecule has 0 radical (unpaired) electrons. The first-order chi connectivity index (χ1) is 8.90. The van der Waals surface area contributed by atoms with Crippen LogP contribution in [0.5, 0.6) is 5.75 Å². The van der Waals surface area contributed by atoms with Crippen molar-refractivity contribution in [3.05, 3.63) is 4.88 Å². The molecule has 2 N–H and O–H groups in total. The molecule has 1 saturated carbocycles. The highest BCUT2D eigenvalue weighted by atomic mass is 32.1. The fourth-order valence-electron chi connectivity index (χ4n) is 2.05. The van der Waals surface area contributed by atoms with Gasteiger partial charge in [0.2, 0.25) is 0 Å². The van der Waals surface area contributed by atoms with Gasteiger partial charge in [0.05, 0.1) is 16.7 Å². The van der Waals surface area contributed by atoms with Crippen molar-refractivity contribution in [3.63, 3.8) is 0 Å². The zero-order valence-electron chi connectivity index (χ0n) is 12.0. The molecular formula is C14H22N2O2S. The van der Waals surface area contributed by atoms with Crippen molar-refractivity contribution in [2.24, 2.45) is 5.92 Å². The van der Waals surface area contributed by atoms with Crippen molar-refractivity contribution in [2.45, 2.75) is 39.7 Å². The monoisotopic (exact) mass is 282 g/mol. The average Bonchev–Trinajstić information content (AvgIpc) is 3.04. The fourth-order valence-corrected chi connectivity index (χ4v) is 3.07. The summed E-state index contributed by atoms with van der Waals surface area (Å²) in [5.74, 6) is 1.46. The summed E-state index contributed by atoms with van der Waals surface area (Å²) in [6.45, 7) is 6.49. The Kier molecular flexibility index (Phi) is 4.04. The lowest BCUT2D eigenvalue weighted by molar-refractivity contribution is 0.102. The number of ether oxygens (including phenoxy) is 1. The van der Waals surface area contributed by atoms with E-state index in [4.69, 9.17) is 10.5 Å². The summed E-state index contributed by atoms with van der Waals surface area (Å²) in [6.07, 6.45) is 2.64. The van der Waals surface area contributed by atoms with E-state index in [-0.39, 0.29) is 11.9 Å². The number of carbonyl (C=O) groups excluding carboxylic acids is 1. The minimum absolute atomic E-state index is 0.00202. The van der Waals surface area contributed by atoms with Crippen LogP contribution in [-0.2, 0) is 0 Å². The number of Topliss-reactive ketones (excluding diaryl/α,β-unsaturated/α-hetero) is 1. The maximum absolute atomic E-state index is 11.6. The first-order valence-electron chi connectivity index (χ1n) is 6.71. The third-order valence-electron chi connectivity index (χ3n) is 3.13. The molecule has 1 heterocycles. The van der Waals surface area contributed by atoms with E-state index in [1.807, 2.05) is 20.9 Å². The first kappa shape index (κ1) is 14.2. The van der Waals surface area contributed by atoms with Crippen LogP contribution in [0.2, 0.25) is 0 Å². The average molecular weight is 282 g/mol. The van der Waals surface area contributed by atoms with Gasteiger partial charge in [-0.3, -0.25) is 4.79 Å². The Morgan fingerprint density at radius 3 is 2.63 bits per heavy atom. The lowest BCUT2D eigenvalue weighted by Crippen LogP contribution is -2.20. The van der Waals surface area contributed by atoms with E-state index in [2.05, 4.69) is 4.90 Å². The van der Waals surface area contributed by atoms with E-state index in [0.717, 1.165) is 17.5 Å². The van der Waals surface area contributed by atoms with E-state index in [1.165, 1.54) is 24.2 Å². The van der Waals surface area contributed by atoms with Gasteiger partial charge in [-0.25, -0.2) is 0 Å². The molecule has 0 aliphatic heterocycles. The van der Waals surface area contributed by atoms with Gasteiger partial charge in [0.25, 0.3) is 0 Å². The van der Waals surface area contributed by atoms with Crippen LogP contribution in [0.15, 0.2) is 0 Å². The minimum atomic E-state index is 0.00202. The van der Waals surface area contributed by atoms with Crippen LogP contribution in [0.4, 0.5) is 10.7 Å². The smallest absolute Gasteiger partial charge is 0.177 e. The van der Waals surface area contributed by atoms with Gasteiger partial charge in [-0.15, -0.1) is 11.3 Å². The molecular weight excluding hydrogens is 260 g/mol. The number of nitrogens with zero attached hydrogens (tertiary/aromatic N) is 1. The van der Waals surface area contributed by atoms with Crippen LogP contribution in [0.1, 0.15) is 43.3 Å². The van der Waals surface area contributed by atoms with Crippen molar-refractivity contribution < 1.29 is 9.53 Å². The molecule has 0 bridgehead atoms. The standard InChI is InChI=1S/C14H22N2O2S/c1-8(2)18-12-11(15)13(9(3)17)19-14(12)16(4)7-10-5-6-10/h8,10H,5-7,15H2,1-4H3. The second kappa shape index (κ2) is 5.41. The van der Waals surface area contributed by atoms with Crippen molar-refractivity contribution in [1.82, 2.24) is 0 Å². The molecule has 0 unspecified atom stereocenters. The van der Waals surface area contributed by atoms with E-state index >= 15 is 0 Å². The van der Waals surface area contributed by atoms with E-state index in [0.29, 0.717) is 16.3 Å². The number of hydrogen-bond donors (Lipinski definition) is 1. The highest BCUT2D eigenvalue weighted by molar-refractivity contribution is 7.19. The maximum atomic E-state index is 11.6. The summed E-state index contributed by atoms with van der Waals surface area (Å²) < 4.78 is 5.82. The Balaban J connectivity index is 2.32. The summed E-state index contributed by atoms with van der Waals surface area (Å²) in [7, 11) is 2.04. The molecule has 1 aliphatic rings. The molecule has 1 aromatic rings. The van der Waals surface area contributed by atoms with Crippen molar-refractivity contribution in [2.75, 3.05) is 24.2 Å². The van der Waals surface area contributed by atoms with Gasteiger partial charge in [0.15, 0.2) is 11.5 Å². The second-order valence-corrected chi connectivity index (χ2v) is 6.52. The van der Waals surface area contributed by atoms with Gasteiger partial charge in [-0.2, -0.15) is 0 Å². The van der Waals surface area contributed by atoms with Crippen molar-refractivity contribution >= 4 is 27.8 Å². The molecule has 4 nitrogen and oxygen atoms in total. The SMILES string of the molecule is CC(=O)c1sc(N(C)CC2CC2)c(OC(C)C)c1N. The normalized spacial score (nSPS) is 14.8. The number of carbonyl (C=O) groups is 1. The molecule has 0 amide bonds. The highest BCUT2D eigenvalue weighted by Gasteiger charge is 2.28. The van der Waals surface area contributed by atoms with Crippen LogP contribution in [0.25, 0.3) is 0 Å². The Bertz CT molecular complexity index is 478. The minimum Gasteiger partial charge on any atom is -0.486 e. The summed E-state index contributed by atoms with van der Waals surface area (Å²) in [4.78, 5) is 14.4. The molecule has 5 heteroatoms. The Labute approximate surface area is 118 Å². The van der Waals surface area contributed by atoms with Gasteiger partial charge >= 0.3 is 0 Å². The molecule has 19 heavy (non-hydrogen) atoms. The van der Waals surface area contributed by atoms with Crippen LogP contribution in [0.3, 0.4) is 0 Å². The number of nitrogens with two attached hydrogens (primary N) is 1. The van der Waals surface area contributed by atoms with Crippen LogP contribution >= 0.6 is 11.3 Å². The Morgan fingerprint density at radius 1 is 1.53 bits per heavy atom. The molecule has 1 aliphatic carbocycles. The highest BCUT2D eigenvalue weighted by Crippen LogP contribution is 2.46. The van der Waals surface area contributed by atoms with Gasteiger partial charge in [0, 0.05) is 20.5 Å².